The number of aromatic nitrogens is 2. The van der Waals surface area contributed by atoms with Gasteiger partial charge in [-0.05, 0) is 24.3 Å². The highest BCUT2D eigenvalue weighted by atomic mass is 16.2. The van der Waals surface area contributed by atoms with Crippen LogP contribution in [0.2, 0.25) is 0 Å². The van der Waals surface area contributed by atoms with Crippen LogP contribution in [-0.4, -0.2) is 16.1 Å². The molecule has 0 saturated heterocycles. The van der Waals surface area contributed by atoms with Crippen LogP contribution < -0.4 is 22.3 Å². The van der Waals surface area contributed by atoms with E-state index in [-0.39, 0.29) is 5.82 Å². The predicted molar refractivity (Wildman–Crippen MR) is 96.3 cm³/mol. The van der Waals surface area contributed by atoms with E-state index in [2.05, 4.69) is 10.3 Å². The number of nitrogens with two attached hydrogens (primary N) is 1. The summed E-state index contributed by atoms with van der Waals surface area (Å²) >= 11 is 0. The number of anilines is 2. The van der Waals surface area contributed by atoms with E-state index in [1.165, 1.54) is 36.7 Å². The molecule has 6 nitrogen and oxygen atoms in total. The maximum Gasteiger partial charge on any atom is 0.330 e. The van der Waals surface area contributed by atoms with Crippen LogP contribution in [-0.2, 0) is 6.54 Å². The minimum atomic E-state index is -0.482. The van der Waals surface area contributed by atoms with Gasteiger partial charge in [0.2, 0.25) is 0 Å². The summed E-state index contributed by atoms with van der Waals surface area (Å²) in [6.45, 7) is 1.05. The molecule has 2 aromatic rings. The van der Waals surface area contributed by atoms with Gasteiger partial charge in [0, 0.05) is 6.54 Å². The molecule has 1 aliphatic rings. The maximum atomic E-state index is 12.1. The standard InChI is InChI=1S/C18H24N4O2/c19-16-15(20-11-13-7-3-1-4-8-13)17(23)21-18(24)22(16)12-14-9-5-2-6-10-14/h2,5-6,9-10,13,20H,1,3-4,7-8,11-12,19H2,(H,21,23,24). The summed E-state index contributed by atoms with van der Waals surface area (Å²) in [7, 11) is 0. The summed E-state index contributed by atoms with van der Waals surface area (Å²) in [4.78, 5) is 26.6. The first-order valence-electron chi connectivity index (χ1n) is 8.55. The Morgan fingerprint density at radius 1 is 1.12 bits per heavy atom. The number of nitrogen functional groups attached to an aromatic ring is 1. The summed E-state index contributed by atoms with van der Waals surface area (Å²) in [6.07, 6.45) is 6.13. The van der Waals surface area contributed by atoms with E-state index in [0.29, 0.717) is 18.2 Å². The topological polar surface area (TPSA) is 92.9 Å². The molecule has 4 N–H and O–H groups in total. The molecule has 0 bridgehead atoms. The number of benzene rings is 1. The number of rotatable bonds is 5. The molecule has 1 aromatic heterocycles. The third-order valence-electron chi connectivity index (χ3n) is 4.72. The lowest BCUT2D eigenvalue weighted by Crippen LogP contribution is -2.35. The first-order chi connectivity index (χ1) is 11.6. The number of H-pyrrole nitrogens is 1. The summed E-state index contributed by atoms with van der Waals surface area (Å²) in [5, 5.41) is 3.18. The lowest BCUT2D eigenvalue weighted by atomic mass is 9.89. The van der Waals surface area contributed by atoms with Gasteiger partial charge in [-0.3, -0.25) is 14.3 Å². The summed E-state index contributed by atoms with van der Waals surface area (Å²) in [5.74, 6) is 0.760. The Hall–Kier alpha value is -2.50. The molecule has 128 valence electrons. The Kier molecular flexibility index (Phi) is 5.03. The number of hydrogen-bond donors (Lipinski definition) is 3. The normalized spacial score (nSPS) is 15.3. The Morgan fingerprint density at radius 2 is 1.83 bits per heavy atom. The molecule has 3 rings (SSSR count). The highest BCUT2D eigenvalue weighted by Crippen LogP contribution is 2.24. The third-order valence-corrected chi connectivity index (χ3v) is 4.72. The van der Waals surface area contributed by atoms with Crippen molar-refractivity contribution in [1.29, 1.82) is 0 Å². The molecule has 0 spiro atoms. The van der Waals surface area contributed by atoms with E-state index < -0.39 is 11.2 Å². The molecule has 24 heavy (non-hydrogen) atoms. The van der Waals surface area contributed by atoms with Crippen molar-refractivity contribution in [3.8, 4) is 0 Å². The Labute approximate surface area is 140 Å². The van der Waals surface area contributed by atoms with Crippen LogP contribution in [0.25, 0.3) is 0 Å². The van der Waals surface area contributed by atoms with Crippen LogP contribution in [0, 0.1) is 5.92 Å². The fourth-order valence-corrected chi connectivity index (χ4v) is 3.32. The zero-order valence-corrected chi connectivity index (χ0v) is 13.8. The van der Waals surface area contributed by atoms with Crippen molar-refractivity contribution >= 4 is 11.5 Å². The van der Waals surface area contributed by atoms with Crippen molar-refractivity contribution < 1.29 is 0 Å². The zero-order chi connectivity index (χ0) is 16.9. The van der Waals surface area contributed by atoms with Crippen LogP contribution in [0.15, 0.2) is 39.9 Å². The molecule has 0 radical (unpaired) electrons. The average Bonchev–Trinajstić information content (AvgIpc) is 2.60. The van der Waals surface area contributed by atoms with Gasteiger partial charge in [-0.2, -0.15) is 0 Å². The summed E-state index contributed by atoms with van der Waals surface area (Å²) < 4.78 is 1.40. The monoisotopic (exact) mass is 328 g/mol. The molecule has 1 heterocycles. The third kappa shape index (κ3) is 3.69. The largest absolute Gasteiger partial charge is 0.383 e. The maximum absolute atomic E-state index is 12.1. The fourth-order valence-electron chi connectivity index (χ4n) is 3.32. The van der Waals surface area contributed by atoms with Gasteiger partial charge in [-0.15, -0.1) is 0 Å². The molecule has 0 aliphatic heterocycles. The number of aromatic amines is 1. The molecule has 1 aliphatic carbocycles. The van der Waals surface area contributed by atoms with E-state index in [9.17, 15) is 9.59 Å². The molecule has 1 aromatic carbocycles. The molecule has 0 atom stereocenters. The van der Waals surface area contributed by atoms with Crippen LogP contribution in [0.3, 0.4) is 0 Å². The lowest BCUT2D eigenvalue weighted by molar-refractivity contribution is 0.373. The molecule has 1 saturated carbocycles. The summed E-state index contributed by atoms with van der Waals surface area (Å²) in [5.41, 5.74) is 6.46. The molecular formula is C18H24N4O2. The second-order valence-electron chi connectivity index (χ2n) is 6.48. The van der Waals surface area contributed by atoms with Gasteiger partial charge in [-0.1, -0.05) is 49.6 Å². The van der Waals surface area contributed by atoms with Crippen molar-refractivity contribution in [2.24, 2.45) is 5.92 Å². The second-order valence-corrected chi connectivity index (χ2v) is 6.48. The van der Waals surface area contributed by atoms with Crippen molar-refractivity contribution in [1.82, 2.24) is 9.55 Å². The molecule has 0 amide bonds. The SMILES string of the molecule is Nc1c(NCC2CCCCC2)c(=O)[nH]c(=O)n1Cc1ccccc1. The van der Waals surface area contributed by atoms with E-state index in [4.69, 9.17) is 5.73 Å². The quantitative estimate of drug-likeness (QED) is 0.784. The van der Waals surface area contributed by atoms with Gasteiger partial charge in [0.1, 0.15) is 11.5 Å². The average molecular weight is 328 g/mol. The van der Waals surface area contributed by atoms with Crippen molar-refractivity contribution in [3.63, 3.8) is 0 Å². The van der Waals surface area contributed by atoms with Crippen molar-refractivity contribution in [2.45, 2.75) is 38.6 Å². The Bertz CT molecular complexity index is 789. The molecular weight excluding hydrogens is 304 g/mol. The number of nitrogens with one attached hydrogen (secondary N) is 2. The minimum Gasteiger partial charge on any atom is -0.383 e. The Balaban J connectivity index is 1.82. The fraction of sp³-hybridized carbons (Fsp3) is 0.444. The number of hydrogen-bond acceptors (Lipinski definition) is 4. The predicted octanol–water partition coefficient (Wildman–Crippen LogP) is 2.16. The smallest absolute Gasteiger partial charge is 0.330 e. The van der Waals surface area contributed by atoms with Crippen LogP contribution in [0.4, 0.5) is 11.5 Å². The highest BCUT2D eigenvalue weighted by Gasteiger charge is 2.16. The van der Waals surface area contributed by atoms with Gasteiger partial charge in [0.05, 0.1) is 6.54 Å². The molecule has 1 fully saturated rings. The van der Waals surface area contributed by atoms with Crippen molar-refractivity contribution in [3.05, 3.63) is 56.7 Å². The first kappa shape index (κ1) is 16.4. The summed E-state index contributed by atoms with van der Waals surface area (Å²) in [6, 6.07) is 9.58. The first-order valence-corrected chi connectivity index (χ1v) is 8.55. The second kappa shape index (κ2) is 7.38. The van der Waals surface area contributed by atoms with Gasteiger partial charge in [0.25, 0.3) is 5.56 Å². The van der Waals surface area contributed by atoms with E-state index in [0.717, 1.165) is 12.1 Å². The zero-order valence-electron chi connectivity index (χ0n) is 13.8. The van der Waals surface area contributed by atoms with Gasteiger partial charge < -0.3 is 11.1 Å². The van der Waals surface area contributed by atoms with Crippen molar-refractivity contribution in [2.75, 3.05) is 17.6 Å². The van der Waals surface area contributed by atoms with E-state index in [1.54, 1.807) is 0 Å². The van der Waals surface area contributed by atoms with Gasteiger partial charge in [-0.25, -0.2) is 4.79 Å². The van der Waals surface area contributed by atoms with Crippen LogP contribution in [0.5, 0.6) is 0 Å². The molecule has 6 heteroatoms. The molecule has 0 unspecified atom stereocenters. The lowest BCUT2D eigenvalue weighted by Gasteiger charge is -2.22. The highest BCUT2D eigenvalue weighted by molar-refractivity contribution is 5.60. The Morgan fingerprint density at radius 3 is 2.54 bits per heavy atom. The van der Waals surface area contributed by atoms with Crippen LogP contribution >= 0.6 is 0 Å². The van der Waals surface area contributed by atoms with Gasteiger partial charge >= 0.3 is 5.69 Å². The van der Waals surface area contributed by atoms with E-state index >= 15 is 0 Å². The van der Waals surface area contributed by atoms with Crippen LogP contribution in [0.1, 0.15) is 37.7 Å². The van der Waals surface area contributed by atoms with E-state index in [1.807, 2.05) is 30.3 Å². The van der Waals surface area contributed by atoms with Gasteiger partial charge in [0.15, 0.2) is 0 Å². The number of nitrogens with zero attached hydrogens (tertiary/aromatic N) is 1. The minimum absolute atomic E-state index is 0.198.